The van der Waals surface area contributed by atoms with E-state index in [2.05, 4.69) is 5.10 Å². The molecular formula is C32H24FN3O2. The van der Waals surface area contributed by atoms with E-state index in [4.69, 9.17) is 0 Å². The van der Waals surface area contributed by atoms with Crippen molar-refractivity contribution in [1.82, 2.24) is 14.7 Å². The van der Waals surface area contributed by atoms with Gasteiger partial charge in [-0.15, -0.1) is 0 Å². The molecule has 6 heteroatoms. The van der Waals surface area contributed by atoms with Crippen molar-refractivity contribution in [3.8, 4) is 5.69 Å². The summed E-state index contributed by atoms with van der Waals surface area (Å²) in [6.45, 7) is 2.25. The largest absolute Gasteiger partial charge is 0.277 e. The summed E-state index contributed by atoms with van der Waals surface area (Å²) in [5, 5.41) is 5.42. The molecule has 1 aliphatic carbocycles. The van der Waals surface area contributed by atoms with Crippen LogP contribution >= 0.6 is 0 Å². The Labute approximate surface area is 219 Å². The zero-order valence-electron chi connectivity index (χ0n) is 20.7. The standard InChI is InChI=1S/C32H24FN3O2/c1-20-16-27-23(18-34-36(27)25-14-12-24(33)13-15-25)17-26(20)32-28(22-10-6-3-7-11-22)29(32)30(37)35(31(32)38)19-21-8-4-2-5-9-21/h2-18,28-29H,19H2,1H3. The quantitative estimate of drug-likeness (QED) is 0.291. The fourth-order valence-electron chi connectivity index (χ4n) is 6.38. The zero-order valence-corrected chi connectivity index (χ0v) is 20.7. The molecule has 0 spiro atoms. The van der Waals surface area contributed by atoms with Crippen molar-refractivity contribution in [3.63, 3.8) is 0 Å². The van der Waals surface area contributed by atoms with Crippen molar-refractivity contribution in [1.29, 1.82) is 0 Å². The molecule has 0 bridgehead atoms. The van der Waals surface area contributed by atoms with E-state index in [0.29, 0.717) is 0 Å². The second kappa shape index (κ2) is 8.21. The van der Waals surface area contributed by atoms with Crippen molar-refractivity contribution < 1.29 is 14.0 Å². The van der Waals surface area contributed by atoms with E-state index in [0.717, 1.165) is 38.8 Å². The van der Waals surface area contributed by atoms with E-state index in [1.54, 1.807) is 23.0 Å². The van der Waals surface area contributed by atoms with Crippen LogP contribution in [0.3, 0.4) is 0 Å². The zero-order chi connectivity index (χ0) is 26.0. The van der Waals surface area contributed by atoms with Gasteiger partial charge in [-0.2, -0.15) is 5.10 Å². The molecule has 2 amide bonds. The molecule has 38 heavy (non-hydrogen) atoms. The summed E-state index contributed by atoms with van der Waals surface area (Å²) in [5.41, 5.74) is 4.39. The number of aryl methyl sites for hydroxylation is 1. The van der Waals surface area contributed by atoms with Crippen LogP contribution in [0, 0.1) is 18.7 Å². The summed E-state index contributed by atoms with van der Waals surface area (Å²) in [5.74, 6) is -1.21. The van der Waals surface area contributed by atoms with Crippen molar-refractivity contribution in [2.45, 2.75) is 24.8 Å². The Balaban J connectivity index is 1.36. The predicted octanol–water partition coefficient (Wildman–Crippen LogP) is 5.69. The first kappa shape index (κ1) is 22.6. The van der Waals surface area contributed by atoms with Gasteiger partial charge < -0.3 is 0 Å². The molecule has 2 aliphatic rings. The maximum atomic E-state index is 14.3. The number of fused-ring (bicyclic) bond motifs is 2. The van der Waals surface area contributed by atoms with E-state index in [1.807, 2.05) is 79.7 Å². The molecule has 186 valence electrons. The first-order valence-corrected chi connectivity index (χ1v) is 12.7. The number of hydrogen-bond acceptors (Lipinski definition) is 3. The number of piperidine rings is 1. The minimum Gasteiger partial charge on any atom is -0.277 e. The van der Waals surface area contributed by atoms with Crippen LogP contribution in [0.5, 0.6) is 0 Å². The Bertz CT molecular complexity index is 1710. The number of likely N-dealkylation sites (tertiary alicyclic amines) is 1. The maximum Gasteiger partial charge on any atom is 0.241 e. The Morgan fingerprint density at radius 2 is 1.55 bits per heavy atom. The van der Waals surface area contributed by atoms with Crippen LogP contribution in [0.25, 0.3) is 16.6 Å². The van der Waals surface area contributed by atoms with Gasteiger partial charge in [-0.25, -0.2) is 9.07 Å². The Hall–Kier alpha value is -4.58. The van der Waals surface area contributed by atoms with Crippen molar-refractivity contribution in [2.75, 3.05) is 0 Å². The highest BCUT2D eigenvalue weighted by Gasteiger charge is 2.80. The molecule has 2 heterocycles. The Morgan fingerprint density at radius 1 is 0.868 bits per heavy atom. The smallest absolute Gasteiger partial charge is 0.241 e. The third-order valence-corrected chi connectivity index (χ3v) is 8.11. The third-order valence-electron chi connectivity index (χ3n) is 8.11. The number of benzene rings is 4. The average Bonchev–Trinajstić information content (AvgIpc) is 3.40. The van der Waals surface area contributed by atoms with E-state index in [9.17, 15) is 14.0 Å². The topological polar surface area (TPSA) is 55.2 Å². The fraction of sp³-hybridized carbons (Fsp3) is 0.156. The highest BCUT2D eigenvalue weighted by atomic mass is 19.1. The van der Waals surface area contributed by atoms with Crippen LogP contribution in [0.1, 0.15) is 28.2 Å². The molecule has 1 saturated carbocycles. The molecule has 0 N–H and O–H groups in total. The van der Waals surface area contributed by atoms with Crippen molar-refractivity contribution in [3.05, 3.63) is 131 Å². The second-order valence-electron chi connectivity index (χ2n) is 10.2. The first-order chi connectivity index (χ1) is 18.5. The number of carbonyl (C=O) groups excluding carboxylic acids is 2. The number of rotatable bonds is 5. The van der Waals surface area contributed by atoms with Crippen LogP contribution in [0.2, 0.25) is 0 Å². The van der Waals surface area contributed by atoms with Gasteiger partial charge in [0.2, 0.25) is 11.8 Å². The van der Waals surface area contributed by atoms with Gasteiger partial charge in [-0.1, -0.05) is 60.7 Å². The lowest BCUT2D eigenvalue weighted by Gasteiger charge is -2.24. The lowest BCUT2D eigenvalue weighted by Crippen LogP contribution is -2.38. The van der Waals surface area contributed by atoms with Gasteiger partial charge in [-0.05, 0) is 65.6 Å². The van der Waals surface area contributed by atoms with Crippen molar-refractivity contribution in [2.24, 2.45) is 5.92 Å². The van der Waals surface area contributed by atoms with Gasteiger partial charge in [0.25, 0.3) is 0 Å². The molecule has 3 unspecified atom stereocenters. The molecule has 7 rings (SSSR count). The molecule has 5 aromatic rings. The van der Waals surface area contributed by atoms with Crippen LogP contribution in [-0.4, -0.2) is 26.5 Å². The summed E-state index contributed by atoms with van der Waals surface area (Å²) >= 11 is 0. The number of imide groups is 1. The monoisotopic (exact) mass is 501 g/mol. The Morgan fingerprint density at radius 3 is 2.26 bits per heavy atom. The SMILES string of the molecule is Cc1cc2c(cnn2-c2ccc(F)cc2)cc1C12C(=O)N(Cc3ccccc3)C(=O)C1C2c1ccccc1. The van der Waals surface area contributed by atoms with Gasteiger partial charge in [0.1, 0.15) is 5.82 Å². The molecule has 4 aromatic carbocycles. The van der Waals surface area contributed by atoms with Gasteiger partial charge in [0, 0.05) is 11.3 Å². The van der Waals surface area contributed by atoms with Gasteiger partial charge in [-0.3, -0.25) is 14.5 Å². The maximum absolute atomic E-state index is 14.3. The molecule has 1 aromatic heterocycles. The molecule has 0 radical (unpaired) electrons. The van der Waals surface area contributed by atoms with Crippen LogP contribution < -0.4 is 0 Å². The minimum atomic E-state index is -0.941. The number of nitrogens with zero attached hydrogens (tertiary/aromatic N) is 3. The van der Waals surface area contributed by atoms with E-state index >= 15 is 0 Å². The van der Waals surface area contributed by atoms with E-state index in [-0.39, 0.29) is 30.1 Å². The molecular weight excluding hydrogens is 477 g/mol. The Kier molecular flexibility index (Phi) is 4.89. The summed E-state index contributed by atoms with van der Waals surface area (Å²) in [6, 6.07) is 29.7. The number of carbonyl (C=O) groups is 2. The fourth-order valence-corrected chi connectivity index (χ4v) is 6.38. The van der Waals surface area contributed by atoms with Crippen LogP contribution in [-0.2, 0) is 21.5 Å². The summed E-state index contributed by atoms with van der Waals surface area (Å²) in [7, 11) is 0. The van der Waals surface area contributed by atoms with Gasteiger partial charge in [0.15, 0.2) is 0 Å². The van der Waals surface area contributed by atoms with Gasteiger partial charge >= 0.3 is 0 Å². The third kappa shape index (κ3) is 3.13. The number of hydrogen-bond donors (Lipinski definition) is 0. The van der Waals surface area contributed by atoms with Crippen LogP contribution in [0.15, 0.2) is 103 Å². The number of amides is 2. The average molecular weight is 502 g/mol. The van der Waals surface area contributed by atoms with Crippen LogP contribution in [0.4, 0.5) is 4.39 Å². The van der Waals surface area contributed by atoms with Crippen molar-refractivity contribution >= 4 is 22.7 Å². The van der Waals surface area contributed by atoms with E-state index in [1.165, 1.54) is 17.0 Å². The molecule has 2 fully saturated rings. The number of aromatic nitrogens is 2. The first-order valence-electron chi connectivity index (χ1n) is 12.7. The van der Waals surface area contributed by atoms with E-state index < -0.39 is 11.3 Å². The highest BCUT2D eigenvalue weighted by Crippen LogP contribution is 2.71. The summed E-state index contributed by atoms with van der Waals surface area (Å²) in [4.78, 5) is 29.5. The normalized spacial score (nSPS) is 22.2. The summed E-state index contributed by atoms with van der Waals surface area (Å²) in [6.07, 6.45) is 1.76. The molecule has 5 nitrogen and oxygen atoms in total. The molecule has 1 aliphatic heterocycles. The minimum absolute atomic E-state index is 0.116. The molecule has 1 saturated heterocycles. The lowest BCUT2D eigenvalue weighted by molar-refractivity contribution is -0.142. The highest BCUT2D eigenvalue weighted by molar-refractivity contribution is 6.17. The van der Waals surface area contributed by atoms with Gasteiger partial charge in [0.05, 0.1) is 35.3 Å². The summed E-state index contributed by atoms with van der Waals surface area (Å²) < 4.78 is 15.3. The molecule has 3 atom stereocenters. The lowest BCUT2D eigenvalue weighted by atomic mass is 9.86. The second-order valence-corrected chi connectivity index (χ2v) is 10.2. The number of halogens is 1. The predicted molar refractivity (Wildman–Crippen MR) is 142 cm³/mol.